The Balaban J connectivity index is 0.000000410. The molecular formula is C24H37N3O7S. The molecule has 0 spiro atoms. The van der Waals surface area contributed by atoms with Gasteiger partial charge in [-0.3, -0.25) is 18.9 Å². The Bertz CT molecular complexity index is 1090. The molecule has 10 nitrogen and oxygen atoms in total. The zero-order valence-corrected chi connectivity index (χ0v) is 21.3. The van der Waals surface area contributed by atoms with Crippen molar-refractivity contribution in [3.63, 3.8) is 0 Å². The number of fused-ring (bicyclic) bond motifs is 3. The molecule has 196 valence electrons. The van der Waals surface area contributed by atoms with Gasteiger partial charge in [0.15, 0.2) is 0 Å². The normalized spacial score (nSPS) is 26.5. The molecule has 1 aromatic rings. The average molecular weight is 512 g/mol. The van der Waals surface area contributed by atoms with E-state index in [4.69, 9.17) is 17.2 Å². The van der Waals surface area contributed by atoms with Crippen molar-refractivity contribution in [1.82, 2.24) is 0 Å². The van der Waals surface area contributed by atoms with Crippen LogP contribution < -0.4 is 17.2 Å². The van der Waals surface area contributed by atoms with E-state index in [1.807, 2.05) is 0 Å². The first-order valence-electron chi connectivity index (χ1n) is 11.7. The van der Waals surface area contributed by atoms with E-state index in [1.54, 1.807) is 0 Å². The number of hydrogen-bond acceptors (Lipinski definition) is 6. The molecule has 0 radical (unpaired) electrons. The van der Waals surface area contributed by atoms with Gasteiger partial charge in [0.05, 0.1) is 23.6 Å². The van der Waals surface area contributed by atoms with Gasteiger partial charge in [0.25, 0.3) is 10.1 Å². The fraction of sp³-hybridized carbons (Fsp3) is 0.625. The number of carbonyl (C=O) groups is 3. The van der Waals surface area contributed by atoms with Crippen molar-refractivity contribution in [3.05, 3.63) is 34.9 Å². The van der Waals surface area contributed by atoms with Crippen LogP contribution in [0.3, 0.4) is 0 Å². The first-order chi connectivity index (χ1) is 16.0. The molecule has 0 heterocycles. The summed E-state index contributed by atoms with van der Waals surface area (Å²) < 4.78 is 32.8. The molecule has 0 unspecified atom stereocenters. The van der Waals surface area contributed by atoms with Gasteiger partial charge in [-0.2, -0.15) is 8.42 Å². The van der Waals surface area contributed by atoms with Gasteiger partial charge < -0.3 is 22.3 Å². The Labute approximate surface area is 206 Å². The molecule has 0 saturated heterocycles. The highest BCUT2D eigenvalue weighted by atomic mass is 32.2. The van der Waals surface area contributed by atoms with Crippen molar-refractivity contribution in [2.45, 2.75) is 76.7 Å². The quantitative estimate of drug-likeness (QED) is 0.338. The van der Waals surface area contributed by atoms with Crippen LogP contribution in [0.1, 0.15) is 75.5 Å². The van der Waals surface area contributed by atoms with Crippen molar-refractivity contribution < 1.29 is 32.5 Å². The maximum atomic E-state index is 12.2. The summed E-state index contributed by atoms with van der Waals surface area (Å²) in [4.78, 5) is 32.4. The lowest BCUT2D eigenvalue weighted by Gasteiger charge is -2.54. The van der Waals surface area contributed by atoms with Gasteiger partial charge in [0.1, 0.15) is 0 Å². The Kier molecular flexibility index (Phi) is 8.73. The maximum Gasteiger partial charge on any atom is 0.311 e. The van der Waals surface area contributed by atoms with Crippen molar-refractivity contribution >= 4 is 27.9 Å². The number of aryl methyl sites for hydroxylation is 1. The molecular weight excluding hydrogens is 474 g/mol. The van der Waals surface area contributed by atoms with E-state index < -0.39 is 45.1 Å². The first-order valence-corrected chi connectivity index (χ1v) is 13.3. The van der Waals surface area contributed by atoms with Crippen LogP contribution in [0.25, 0.3) is 0 Å². The van der Waals surface area contributed by atoms with E-state index >= 15 is 0 Å². The number of rotatable bonds is 7. The van der Waals surface area contributed by atoms with E-state index in [9.17, 15) is 32.5 Å². The molecule has 3 rings (SSSR count). The van der Waals surface area contributed by atoms with Gasteiger partial charge in [0.2, 0.25) is 11.8 Å². The number of carboxylic acids is 1. The van der Waals surface area contributed by atoms with Crippen LogP contribution in [-0.4, -0.2) is 47.7 Å². The first kappa shape index (κ1) is 28.7. The van der Waals surface area contributed by atoms with Gasteiger partial charge in [0, 0.05) is 0 Å². The third-order valence-corrected chi connectivity index (χ3v) is 8.40. The van der Waals surface area contributed by atoms with E-state index in [-0.39, 0.29) is 17.8 Å². The number of aliphatic carboxylic acids is 1. The van der Waals surface area contributed by atoms with E-state index in [0.717, 1.165) is 18.4 Å². The standard InChI is InChI=1S/C20H28O5S.C4H9N3O2/c1-13(2)14-5-7-16-15(11-14)6-8-17-19(16,3)9-4-10-20(17,18(21)22)12-26(23,24)25;5-2(4(7)9)1-3(6)8/h5,7,11,13,17H,4,6,8-10,12H2,1-3H3,(H,21,22)(H,23,24,25);2H,1,5H2,(H2,6,8)(H2,7,9)/t17-,19-,20-;2-/m10/s1. The predicted octanol–water partition coefficient (Wildman–Crippen LogP) is 1.45. The lowest BCUT2D eigenvalue weighted by atomic mass is 9.49. The third-order valence-electron chi connectivity index (χ3n) is 7.52. The molecule has 0 bridgehead atoms. The monoisotopic (exact) mass is 511 g/mol. The fourth-order valence-corrected chi connectivity index (χ4v) is 6.94. The van der Waals surface area contributed by atoms with Gasteiger partial charge >= 0.3 is 5.97 Å². The van der Waals surface area contributed by atoms with Crippen LogP contribution >= 0.6 is 0 Å². The molecule has 2 aliphatic carbocycles. The van der Waals surface area contributed by atoms with Crippen LogP contribution in [0.5, 0.6) is 0 Å². The second-order valence-corrected chi connectivity index (χ2v) is 11.8. The summed E-state index contributed by atoms with van der Waals surface area (Å²) in [5, 5.41) is 9.99. The highest BCUT2D eigenvalue weighted by Gasteiger charge is 2.59. The van der Waals surface area contributed by atoms with Crippen molar-refractivity contribution in [2.75, 3.05) is 5.75 Å². The van der Waals surface area contributed by atoms with E-state index in [0.29, 0.717) is 25.2 Å². The average Bonchev–Trinajstić information content (AvgIpc) is 2.71. The Hall–Kier alpha value is -2.50. The second kappa shape index (κ2) is 10.6. The highest BCUT2D eigenvalue weighted by Crippen LogP contribution is 2.58. The molecule has 2 amide bonds. The van der Waals surface area contributed by atoms with Crippen molar-refractivity contribution in [3.8, 4) is 0 Å². The smallest absolute Gasteiger partial charge is 0.311 e. The van der Waals surface area contributed by atoms with Crippen molar-refractivity contribution in [1.29, 1.82) is 0 Å². The number of carboxylic acid groups (broad SMARTS) is 1. The number of primary amides is 2. The van der Waals surface area contributed by atoms with Crippen LogP contribution in [0.15, 0.2) is 18.2 Å². The van der Waals surface area contributed by atoms with E-state index in [2.05, 4.69) is 39.0 Å². The summed E-state index contributed by atoms with van der Waals surface area (Å²) >= 11 is 0. The fourth-order valence-electron chi connectivity index (χ4n) is 5.82. The minimum atomic E-state index is -4.38. The number of nitrogens with two attached hydrogens (primary N) is 3. The summed E-state index contributed by atoms with van der Waals surface area (Å²) in [6.07, 6.45) is 2.97. The van der Waals surface area contributed by atoms with Gasteiger partial charge in [-0.1, -0.05) is 45.4 Å². The topological polar surface area (TPSA) is 204 Å². The highest BCUT2D eigenvalue weighted by molar-refractivity contribution is 7.85. The lowest BCUT2D eigenvalue weighted by Crippen LogP contribution is -2.56. The number of benzene rings is 1. The molecule has 1 fully saturated rings. The van der Waals surface area contributed by atoms with Crippen LogP contribution in [0.2, 0.25) is 0 Å². The Morgan fingerprint density at radius 3 is 2.26 bits per heavy atom. The van der Waals surface area contributed by atoms with Crippen molar-refractivity contribution in [2.24, 2.45) is 28.5 Å². The number of carbonyl (C=O) groups excluding carboxylic acids is 2. The molecule has 8 N–H and O–H groups in total. The summed E-state index contributed by atoms with van der Waals surface area (Å²) in [6, 6.07) is 5.50. The maximum absolute atomic E-state index is 12.2. The molecule has 35 heavy (non-hydrogen) atoms. The molecule has 11 heteroatoms. The number of hydrogen-bond donors (Lipinski definition) is 5. The zero-order valence-electron chi connectivity index (χ0n) is 20.5. The minimum Gasteiger partial charge on any atom is -0.481 e. The number of amides is 2. The summed E-state index contributed by atoms with van der Waals surface area (Å²) in [5.41, 5.74) is 16.3. The minimum absolute atomic E-state index is 0.185. The zero-order chi connectivity index (χ0) is 26.8. The third kappa shape index (κ3) is 6.39. The largest absolute Gasteiger partial charge is 0.481 e. The molecule has 2 aliphatic rings. The predicted molar refractivity (Wildman–Crippen MR) is 131 cm³/mol. The summed E-state index contributed by atoms with van der Waals surface area (Å²) in [6.45, 7) is 6.38. The van der Waals surface area contributed by atoms with Crippen LogP contribution in [0.4, 0.5) is 0 Å². The molecule has 1 aromatic carbocycles. The van der Waals surface area contributed by atoms with Crippen LogP contribution in [-0.2, 0) is 36.3 Å². The van der Waals surface area contributed by atoms with Gasteiger partial charge in [-0.15, -0.1) is 0 Å². The summed E-state index contributed by atoms with van der Waals surface area (Å²) in [5.74, 6) is -3.02. The van der Waals surface area contributed by atoms with Gasteiger partial charge in [-0.05, 0) is 59.6 Å². The Morgan fingerprint density at radius 1 is 1.17 bits per heavy atom. The lowest BCUT2D eigenvalue weighted by molar-refractivity contribution is -0.157. The van der Waals surface area contributed by atoms with Crippen LogP contribution in [0, 0.1) is 11.3 Å². The second-order valence-electron chi connectivity index (χ2n) is 10.3. The molecule has 0 aromatic heterocycles. The summed E-state index contributed by atoms with van der Waals surface area (Å²) in [7, 11) is -4.38. The molecule has 4 atom stereocenters. The molecule has 1 saturated carbocycles. The SMILES string of the molecule is CC(C)c1ccc2c(c1)CC[C@H]1[C@@](CS(=O)(=O)O)(C(=O)O)CCC[C@]21C.NC(=O)C[C@H](N)C(N)=O. The molecule has 0 aliphatic heterocycles. The van der Waals surface area contributed by atoms with E-state index in [1.165, 1.54) is 11.1 Å². The van der Waals surface area contributed by atoms with Gasteiger partial charge in [-0.25, -0.2) is 0 Å². The Morgan fingerprint density at radius 2 is 1.80 bits per heavy atom.